The molecule has 6 heteroatoms. The third-order valence-electron chi connectivity index (χ3n) is 3.08. The summed E-state index contributed by atoms with van der Waals surface area (Å²) in [5.41, 5.74) is 1.77. The van der Waals surface area contributed by atoms with Crippen molar-refractivity contribution in [2.24, 2.45) is 0 Å². The van der Waals surface area contributed by atoms with Gasteiger partial charge < -0.3 is 5.32 Å². The van der Waals surface area contributed by atoms with Gasteiger partial charge >= 0.3 is 6.03 Å². The van der Waals surface area contributed by atoms with Gasteiger partial charge in [0, 0.05) is 23.4 Å². The van der Waals surface area contributed by atoms with Crippen LogP contribution in [-0.2, 0) is 6.42 Å². The first-order chi connectivity index (χ1) is 9.78. The second-order valence-corrected chi connectivity index (χ2v) is 6.91. The Morgan fingerprint density at radius 2 is 2.45 bits per heavy atom. The molecule has 0 spiro atoms. The summed E-state index contributed by atoms with van der Waals surface area (Å²) in [5, 5.41) is 2.90. The maximum absolute atomic E-state index is 12.4. The zero-order chi connectivity index (χ0) is 13.9. The number of nitrogens with one attached hydrogen (secondary N) is 1. The molecule has 1 aliphatic rings. The number of anilines is 2. The van der Waals surface area contributed by atoms with Crippen molar-refractivity contribution in [1.29, 1.82) is 0 Å². The summed E-state index contributed by atoms with van der Waals surface area (Å²) in [5.74, 6) is 0.942. The molecule has 0 bridgehead atoms. The molecule has 0 aliphatic carbocycles. The van der Waals surface area contributed by atoms with Crippen LogP contribution in [0.15, 0.2) is 34.8 Å². The van der Waals surface area contributed by atoms with Crippen molar-refractivity contribution < 1.29 is 4.79 Å². The number of carbonyl (C=O) groups is 1. The smallest absolute Gasteiger partial charge is 0.306 e. The molecular weight excluding hydrogens is 290 g/mol. The van der Waals surface area contributed by atoms with Crippen molar-refractivity contribution in [3.8, 4) is 0 Å². The molecule has 0 aromatic carbocycles. The van der Waals surface area contributed by atoms with Gasteiger partial charge in [-0.2, -0.15) is 0 Å². The van der Waals surface area contributed by atoms with Gasteiger partial charge in [-0.05, 0) is 24.6 Å². The fraction of sp³-hybridized carbons (Fsp3) is 0.286. The molecule has 3 heterocycles. The van der Waals surface area contributed by atoms with Crippen LogP contribution in [0.3, 0.4) is 0 Å². The predicted octanol–water partition coefficient (Wildman–Crippen LogP) is 3.85. The third kappa shape index (κ3) is 2.66. The van der Waals surface area contributed by atoms with E-state index in [9.17, 15) is 4.79 Å². The van der Waals surface area contributed by atoms with Crippen LogP contribution >= 0.6 is 23.1 Å². The average Bonchev–Trinajstić information content (AvgIpc) is 2.91. The fourth-order valence-electron chi connectivity index (χ4n) is 2.07. The Hall–Kier alpha value is -1.53. The largest absolute Gasteiger partial charge is 0.326 e. The lowest BCUT2D eigenvalue weighted by atomic mass is 10.3. The number of hydrogen-bond acceptors (Lipinski definition) is 4. The third-order valence-corrected chi connectivity index (χ3v) is 5.60. The van der Waals surface area contributed by atoms with E-state index in [1.54, 1.807) is 23.7 Å². The van der Waals surface area contributed by atoms with E-state index in [0.29, 0.717) is 0 Å². The van der Waals surface area contributed by atoms with E-state index in [0.717, 1.165) is 30.1 Å². The fourth-order valence-corrected chi connectivity index (χ4v) is 4.48. The summed E-state index contributed by atoms with van der Waals surface area (Å²) in [7, 11) is 0. The van der Waals surface area contributed by atoms with Gasteiger partial charge in [-0.1, -0.05) is 6.92 Å². The monoisotopic (exact) mass is 305 g/mol. The summed E-state index contributed by atoms with van der Waals surface area (Å²) >= 11 is 3.63. The van der Waals surface area contributed by atoms with E-state index in [1.807, 2.05) is 28.8 Å². The molecule has 1 aliphatic heterocycles. The molecular formula is C14H15N3OS2. The van der Waals surface area contributed by atoms with Crippen LogP contribution < -0.4 is 10.2 Å². The van der Waals surface area contributed by atoms with E-state index >= 15 is 0 Å². The Morgan fingerprint density at radius 3 is 3.20 bits per heavy atom. The Morgan fingerprint density at radius 1 is 1.55 bits per heavy atom. The number of pyridine rings is 1. The zero-order valence-corrected chi connectivity index (χ0v) is 12.8. The molecule has 0 unspecified atom stereocenters. The number of thioether (sulfide) groups is 1. The molecule has 2 amide bonds. The highest BCUT2D eigenvalue weighted by Crippen LogP contribution is 2.41. The minimum absolute atomic E-state index is 0.0833. The number of hydrogen-bond donors (Lipinski definition) is 1. The minimum atomic E-state index is -0.0833. The molecule has 20 heavy (non-hydrogen) atoms. The molecule has 0 atom stereocenters. The van der Waals surface area contributed by atoms with Gasteiger partial charge in [-0.3, -0.25) is 9.88 Å². The van der Waals surface area contributed by atoms with Crippen molar-refractivity contribution in [1.82, 2.24) is 4.98 Å². The quantitative estimate of drug-likeness (QED) is 0.916. The highest BCUT2D eigenvalue weighted by Gasteiger charge is 2.25. The molecule has 2 aromatic rings. The molecule has 0 radical (unpaired) electrons. The lowest BCUT2D eigenvalue weighted by Gasteiger charge is -2.26. The first-order valence-corrected chi connectivity index (χ1v) is 8.32. The number of urea groups is 1. The maximum Gasteiger partial charge on any atom is 0.326 e. The number of rotatable bonds is 2. The Kier molecular flexibility index (Phi) is 3.93. The summed E-state index contributed by atoms with van der Waals surface area (Å²) < 4.78 is 1.24. The lowest BCUT2D eigenvalue weighted by Crippen LogP contribution is -2.38. The van der Waals surface area contributed by atoms with E-state index in [-0.39, 0.29) is 6.03 Å². The lowest BCUT2D eigenvalue weighted by molar-refractivity contribution is 0.257. The first kappa shape index (κ1) is 13.5. The number of aromatic nitrogens is 1. The second kappa shape index (κ2) is 5.85. The highest BCUT2D eigenvalue weighted by atomic mass is 32.2. The van der Waals surface area contributed by atoms with Crippen LogP contribution in [0.25, 0.3) is 0 Å². The number of fused-ring (bicyclic) bond motifs is 1. The van der Waals surface area contributed by atoms with Gasteiger partial charge in [0.25, 0.3) is 0 Å². The SMILES string of the molecule is CCc1cc2c(s1)SCCN2C(=O)Nc1cccnc1. The Bertz CT molecular complexity index is 612. The van der Waals surface area contributed by atoms with Gasteiger partial charge in [-0.15, -0.1) is 23.1 Å². The minimum Gasteiger partial charge on any atom is -0.306 e. The Balaban J connectivity index is 1.81. The van der Waals surface area contributed by atoms with E-state index < -0.39 is 0 Å². The number of aryl methyl sites for hydroxylation is 1. The molecule has 2 aromatic heterocycles. The topological polar surface area (TPSA) is 45.2 Å². The van der Waals surface area contributed by atoms with Crippen molar-refractivity contribution >= 4 is 40.5 Å². The van der Waals surface area contributed by atoms with Gasteiger partial charge in [0.2, 0.25) is 0 Å². The number of nitrogens with zero attached hydrogens (tertiary/aromatic N) is 2. The number of amides is 2. The van der Waals surface area contributed by atoms with Crippen molar-refractivity contribution in [2.75, 3.05) is 22.5 Å². The molecule has 0 saturated carbocycles. The van der Waals surface area contributed by atoms with Gasteiger partial charge in [0.1, 0.15) is 0 Å². The molecule has 0 fully saturated rings. The molecule has 3 rings (SSSR count). The first-order valence-electron chi connectivity index (χ1n) is 6.52. The van der Waals surface area contributed by atoms with Crippen molar-refractivity contribution in [2.45, 2.75) is 17.6 Å². The number of thiophene rings is 1. The number of carbonyl (C=O) groups excluding carboxylic acids is 1. The van der Waals surface area contributed by atoms with Crippen LogP contribution in [-0.4, -0.2) is 23.3 Å². The van der Waals surface area contributed by atoms with Crippen LogP contribution in [0.5, 0.6) is 0 Å². The van der Waals surface area contributed by atoms with Crippen LogP contribution in [0.1, 0.15) is 11.8 Å². The van der Waals surface area contributed by atoms with Gasteiger partial charge in [0.05, 0.1) is 21.8 Å². The van der Waals surface area contributed by atoms with Crippen LogP contribution in [0, 0.1) is 0 Å². The average molecular weight is 305 g/mol. The standard InChI is InChI=1S/C14H15N3OS2/c1-2-11-8-12-13(20-11)19-7-6-17(12)14(18)16-10-4-3-5-15-9-10/h3-5,8-9H,2,6-7H2,1H3,(H,16,18). The van der Waals surface area contributed by atoms with Crippen molar-refractivity contribution in [3.05, 3.63) is 35.5 Å². The predicted molar refractivity (Wildman–Crippen MR) is 85.0 cm³/mol. The van der Waals surface area contributed by atoms with Crippen molar-refractivity contribution in [3.63, 3.8) is 0 Å². The maximum atomic E-state index is 12.4. The highest BCUT2D eigenvalue weighted by molar-refractivity contribution is 8.01. The van der Waals surface area contributed by atoms with Crippen LogP contribution in [0.4, 0.5) is 16.2 Å². The molecule has 4 nitrogen and oxygen atoms in total. The van der Waals surface area contributed by atoms with Gasteiger partial charge in [0.15, 0.2) is 0 Å². The summed E-state index contributed by atoms with van der Waals surface area (Å²) in [4.78, 5) is 19.6. The summed E-state index contributed by atoms with van der Waals surface area (Å²) in [6.45, 7) is 2.88. The van der Waals surface area contributed by atoms with E-state index in [2.05, 4.69) is 23.3 Å². The van der Waals surface area contributed by atoms with E-state index in [1.165, 1.54) is 9.09 Å². The van der Waals surface area contributed by atoms with E-state index in [4.69, 9.17) is 0 Å². The summed E-state index contributed by atoms with van der Waals surface area (Å²) in [6.07, 6.45) is 4.36. The Labute approximate surface area is 126 Å². The molecule has 1 N–H and O–H groups in total. The van der Waals surface area contributed by atoms with Gasteiger partial charge in [-0.25, -0.2) is 4.79 Å². The molecule has 104 valence electrons. The summed E-state index contributed by atoms with van der Waals surface area (Å²) in [6, 6.07) is 5.71. The molecule has 0 saturated heterocycles. The van der Waals surface area contributed by atoms with Crippen LogP contribution in [0.2, 0.25) is 0 Å². The zero-order valence-electron chi connectivity index (χ0n) is 11.1. The second-order valence-electron chi connectivity index (χ2n) is 4.41. The normalized spacial score (nSPS) is 13.9.